The molecule has 0 saturated carbocycles. The average molecular weight is 565 g/mol. The summed E-state index contributed by atoms with van der Waals surface area (Å²) in [7, 11) is 0. The summed E-state index contributed by atoms with van der Waals surface area (Å²) in [4.78, 5) is 10.6. The van der Waals surface area contributed by atoms with Gasteiger partial charge in [-0.05, 0) is 61.6 Å². The van der Waals surface area contributed by atoms with Crippen LogP contribution in [0.4, 0.5) is 5.69 Å². The lowest BCUT2D eigenvalue weighted by Gasteiger charge is -2.31. The maximum atomic E-state index is 5.67. The number of ether oxygens (including phenoxy) is 1. The minimum absolute atomic E-state index is 0.748. The van der Waals surface area contributed by atoms with Crippen molar-refractivity contribution in [2.45, 2.75) is 26.7 Å². The number of morpholine rings is 1. The molecule has 0 radical (unpaired) electrons. The predicted molar refractivity (Wildman–Crippen MR) is 171 cm³/mol. The lowest BCUT2D eigenvalue weighted by molar-refractivity contribution is 0.0548. The lowest BCUT2D eigenvalue weighted by Crippen LogP contribution is -2.36. The lowest BCUT2D eigenvalue weighted by atomic mass is 10.1. The third kappa shape index (κ3) is 5.89. The number of allylic oxidation sites excluding steroid dienone is 2. The van der Waals surface area contributed by atoms with E-state index in [9.17, 15) is 0 Å². The fourth-order valence-corrected chi connectivity index (χ4v) is 6.39. The molecule has 0 N–H and O–H groups in total. The first-order valence-electron chi connectivity index (χ1n) is 14.4. The van der Waals surface area contributed by atoms with E-state index in [1.807, 2.05) is 42.2 Å². The normalized spacial score (nSPS) is 17.2. The van der Waals surface area contributed by atoms with Crippen LogP contribution in [-0.4, -0.2) is 66.1 Å². The zero-order valence-electron chi connectivity index (χ0n) is 23.7. The van der Waals surface area contributed by atoms with Gasteiger partial charge in [-0.25, -0.2) is 4.98 Å². The Labute approximate surface area is 245 Å². The van der Waals surface area contributed by atoms with Gasteiger partial charge in [-0.1, -0.05) is 42.5 Å². The fourth-order valence-electron chi connectivity index (χ4n) is 5.67. The van der Waals surface area contributed by atoms with Crippen LogP contribution in [0.1, 0.15) is 37.9 Å². The number of fused-ring (bicyclic) bond motifs is 1. The van der Waals surface area contributed by atoms with Crippen LogP contribution in [0.25, 0.3) is 22.3 Å². The van der Waals surface area contributed by atoms with Crippen molar-refractivity contribution >= 4 is 40.5 Å². The second-order valence-corrected chi connectivity index (χ2v) is 11.0. The number of anilines is 1. The first-order chi connectivity index (χ1) is 20.2. The summed E-state index contributed by atoms with van der Waals surface area (Å²) < 4.78 is 7.74. The van der Waals surface area contributed by atoms with Crippen LogP contribution >= 0.6 is 11.3 Å². The van der Waals surface area contributed by atoms with Crippen LogP contribution in [0.15, 0.2) is 93.2 Å². The third-order valence-corrected chi connectivity index (χ3v) is 8.53. The Hall–Kier alpha value is -4.01. The van der Waals surface area contributed by atoms with E-state index in [1.54, 1.807) is 11.3 Å². The Balaban J connectivity index is 1.28. The molecule has 4 aromatic rings. The summed E-state index contributed by atoms with van der Waals surface area (Å²) in [6.07, 6.45) is 10.1. The number of nitrogens with zero attached hydrogens (tertiary/aromatic N) is 6. The van der Waals surface area contributed by atoms with Gasteiger partial charge < -0.3 is 14.5 Å². The molecule has 41 heavy (non-hydrogen) atoms. The van der Waals surface area contributed by atoms with Crippen molar-refractivity contribution < 1.29 is 4.74 Å². The van der Waals surface area contributed by atoms with Gasteiger partial charge in [-0.15, -0.1) is 11.3 Å². The van der Waals surface area contributed by atoms with Crippen molar-refractivity contribution in [1.29, 1.82) is 0 Å². The maximum Gasteiger partial charge on any atom is 0.194 e. The Morgan fingerprint density at radius 2 is 1.71 bits per heavy atom. The monoisotopic (exact) mass is 564 g/mol. The van der Waals surface area contributed by atoms with Gasteiger partial charge in [0.25, 0.3) is 0 Å². The number of hydrogen-bond donors (Lipinski definition) is 0. The zero-order valence-corrected chi connectivity index (χ0v) is 24.6. The molecule has 7 nitrogen and oxygen atoms in total. The second-order valence-electron chi connectivity index (χ2n) is 10.2. The molecule has 0 bridgehead atoms. The van der Waals surface area contributed by atoms with E-state index in [4.69, 9.17) is 9.72 Å². The van der Waals surface area contributed by atoms with E-state index >= 15 is 0 Å². The van der Waals surface area contributed by atoms with Crippen molar-refractivity contribution in [2.75, 3.05) is 44.3 Å². The first kappa shape index (κ1) is 27.2. The highest BCUT2D eigenvalue weighted by molar-refractivity contribution is 7.15. The predicted octanol–water partition coefficient (Wildman–Crippen LogP) is 6.78. The van der Waals surface area contributed by atoms with Gasteiger partial charge in [-0.3, -0.25) is 4.40 Å². The molecule has 6 rings (SSSR count). The molecule has 0 amide bonds. The zero-order chi connectivity index (χ0) is 28.0. The van der Waals surface area contributed by atoms with E-state index in [1.165, 1.54) is 28.1 Å². The molecule has 210 valence electrons. The van der Waals surface area contributed by atoms with E-state index < -0.39 is 0 Å². The number of aromatic nitrogens is 2. The Morgan fingerprint density at radius 1 is 0.951 bits per heavy atom. The number of benzene rings is 2. The second kappa shape index (κ2) is 12.7. The molecule has 1 aliphatic heterocycles. The summed E-state index contributed by atoms with van der Waals surface area (Å²) in [5.74, 6) is 0. The van der Waals surface area contributed by atoms with Crippen LogP contribution < -0.4 is 4.90 Å². The van der Waals surface area contributed by atoms with E-state index in [0.717, 1.165) is 74.1 Å². The molecule has 1 saturated heterocycles. The maximum absolute atomic E-state index is 5.67. The van der Waals surface area contributed by atoms with Gasteiger partial charge in [0, 0.05) is 54.7 Å². The standard InChI is InChI=1S/C33H36N6OS/c1-3-37(4-2)29-14-10-25(11-15-29)22-27-12-13-28(32(27)38-16-19-40-20-17-38)23-34-35-24-30-31(26-8-6-5-7-9-26)36-33-39(30)18-21-41-33/h5-11,14-15,18,21-24H,3-4,12-13,16-17,19-20H2,1-2H3/b27-22+,34-23-,35-24-. The van der Waals surface area contributed by atoms with Crippen LogP contribution in [0.5, 0.6) is 0 Å². The summed E-state index contributed by atoms with van der Waals surface area (Å²) in [6.45, 7) is 9.70. The SMILES string of the molecule is CCN(CC)c1ccc(/C=C2\CCC(/C=N\N=C/c3c(-c4ccccc4)nc4sccn34)=C2N2CCOCC2)cc1. The Kier molecular flexibility index (Phi) is 8.39. The molecule has 0 spiro atoms. The topological polar surface area (TPSA) is 57.7 Å². The van der Waals surface area contributed by atoms with Gasteiger partial charge in [0.05, 0.1) is 37.0 Å². The molecule has 3 heterocycles. The fraction of sp³-hybridized carbons (Fsp3) is 0.303. The number of thiazole rings is 1. The molecule has 2 aromatic heterocycles. The molecule has 0 unspecified atom stereocenters. The Morgan fingerprint density at radius 3 is 2.46 bits per heavy atom. The van der Waals surface area contributed by atoms with Crippen molar-refractivity contribution in [3.63, 3.8) is 0 Å². The highest BCUT2D eigenvalue weighted by Gasteiger charge is 2.25. The van der Waals surface area contributed by atoms with Gasteiger partial charge in [0.1, 0.15) is 0 Å². The number of imidazole rings is 1. The van der Waals surface area contributed by atoms with Crippen molar-refractivity contribution in [3.05, 3.63) is 94.3 Å². The molecule has 8 heteroatoms. The highest BCUT2D eigenvalue weighted by atomic mass is 32.1. The highest BCUT2D eigenvalue weighted by Crippen LogP contribution is 2.35. The van der Waals surface area contributed by atoms with Gasteiger partial charge in [0.15, 0.2) is 4.96 Å². The third-order valence-electron chi connectivity index (χ3n) is 7.77. The van der Waals surface area contributed by atoms with Crippen molar-refractivity contribution in [2.24, 2.45) is 10.2 Å². The van der Waals surface area contributed by atoms with Crippen LogP contribution in [0.2, 0.25) is 0 Å². The van der Waals surface area contributed by atoms with Crippen LogP contribution in [-0.2, 0) is 4.74 Å². The summed E-state index contributed by atoms with van der Waals surface area (Å²) in [5.41, 5.74) is 9.30. The molecule has 1 fully saturated rings. The molecule has 2 aliphatic rings. The summed E-state index contributed by atoms with van der Waals surface area (Å²) >= 11 is 1.62. The van der Waals surface area contributed by atoms with Gasteiger partial charge in [-0.2, -0.15) is 10.2 Å². The molecule has 0 atom stereocenters. The van der Waals surface area contributed by atoms with Crippen LogP contribution in [0.3, 0.4) is 0 Å². The van der Waals surface area contributed by atoms with E-state index in [-0.39, 0.29) is 0 Å². The average Bonchev–Trinajstić information content (AvgIpc) is 3.73. The summed E-state index contributed by atoms with van der Waals surface area (Å²) in [6, 6.07) is 19.2. The smallest absolute Gasteiger partial charge is 0.194 e. The van der Waals surface area contributed by atoms with Gasteiger partial charge in [0.2, 0.25) is 0 Å². The minimum Gasteiger partial charge on any atom is -0.378 e. The van der Waals surface area contributed by atoms with Crippen molar-refractivity contribution in [1.82, 2.24) is 14.3 Å². The molecule has 2 aromatic carbocycles. The van der Waals surface area contributed by atoms with E-state index in [0.29, 0.717) is 0 Å². The number of rotatable bonds is 9. The number of hydrogen-bond acceptors (Lipinski definition) is 7. The first-order valence-corrected chi connectivity index (χ1v) is 15.3. The van der Waals surface area contributed by atoms with E-state index in [2.05, 4.69) is 80.7 Å². The summed E-state index contributed by atoms with van der Waals surface area (Å²) in [5, 5.41) is 11.1. The Bertz CT molecular complexity index is 1590. The molecular formula is C33H36N6OS. The van der Waals surface area contributed by atoms with Gasteiger partial charge >= 0.3 is 0 Å². The van der Waals surface area contributed by atoms with Crippen LogP contribution in [0, 0.1) is 0 Å². The quantitative estimate of drug-likeness (QED) is 0.166. The molecule has 1 aliphatic carbocycles. The molecular weight excluding hydrogens is 528 g/mol. The largest absolute Gasteiger partial charge is 0.378 e. The van der Waals surface area contributed by atoms with Crippen molar-refractivity contribution in [3.8, 4) is 11.3 Å². The minimum atomic E-state index is 0.748.